The summed E-state index contributed by atoms with van der Waals surface area (Å²) in [5.74, 6) is 0.759. The highest BCUT2D eigenvalue weighted by Gasteiger charge is 2.21. The molecule has 2 atom stereocenters. The smallest absolute Gasteiger partial charge is 0.213 e. The summed E-state index contributed by atoms with van der Waals surface area (Å²) in [6.45, 7) is 3.63. The number of alkyl halides is 1. The maximum atomic E-state index is 6.36. The molecular weight excluding hydrogens is 432 g/mol. The van der Waals surface area contributed by atoms with Gasteiger partial charge in [0.1, 0.15) is 0 Å². The van der Waals surface area contributed by atoms with Gasteiger partial charge in [0.2, 0.25) is 5.88 Å². The molecule has 0 saturated carbocycles. The Kier molecular flexibility index (Phi) is 11.5. The first-order valence-electron chi connectivity index (χ1n) is 12.5. The van der Waals surface area contributed by atoms with Crippen LogP contribution in [0, 0.1) is 0 Å². The molecule has 1 aliphatic carbocycles. The fourth-order valence-corrected chi connectivity index (χ4v) is 4.22. The van der Waals surface area contributed by atoms with Crippen LogP contribution in [0.25, 0.3) is 0 Å². The molecule has 2 heterocycles. The molecular formula is C27H39ClN4O. The minimum absolute atomic E-state index is 0.0391. The van der Waals surface area contributed by atoms with E-state index in [0.29, 0.717) is 12.7 Å². The Morgan fingerprint density at radius 2 is 2.09 bits per heavy atom. The summed E-state index contributed by atoms with van der Waals surface area (Å²) >= 11 is 6.36. The number of hydrogen-bond acceptors (Lipinski definition) is 5. The van der Waals surface area contributed by atoms with Gasteiger partial charge in [0, 0.05) is 35.9 Å². The number of aromatic nitrogens is 1. The lowest BCUT2D eigenvalue weighted by molar-refractivity contribution is 0.295. The van der Waals surface area contributed by atoms with Gasteiger partial charge in [0.15, 0.2) is 0 Å². The molecule has 5 nitrogen and oxygen atoms in total. The highest BCUT2D eigenvalue weighted by molar-refractivity contribution is 6.21. The third-order valence-electron chi connectivity index (χ3n) is 5.95. The molecule has 0 saturated heterocycles. The third-order valence-corrected chi connectivity index (χ3v) is 6.27. The van der Waals surface area contributed by atoms with Crippen LogP contribution in [-0.2, 0) is 6.42 Å². The first-order chi connectivity index (χ1) is 16.3. The van der Waals surface area contributed by atoms with Crippen LogP contribution in [0.15, 0.2) is 53.3 Å². The zero-order valence-electron chi connectivity index (χ0n) is 19.9. The number of ether oxygens (including phenoxy) is 1. The molecule has 1 aromatic rings. The number of hydrogen-bond donors (Lipinski definition) is 2. The number of aryl methyl sites for hydroxylation is 1. The highest BCUT2D eigenvalue weighted by Crippen LogP contribution is 2.30. The van der Waals surface area contributed by atoms with E-state index in [4.69, 9.17) is 21.3 Å². The number of pyridine rings is 1. The number of aliphatic imine (C=N–C) groups is 1. The lowest BCUT2D eigenvalue weighted by Gasteiger charge is -2.26. The zero-order chi connectivity index (χ0) is 23.1. The summed E-state index contributed by atoms with van der Waals surface area (Å²) in [6.07, 6.45) is 22.9. The first-order valence-corrected chi connectivity index (χ1v) is 13.0. The molecule has 1 aliphatic heterocycles. The second-order valence-corrected chi connectivity index (χ2v) is 9.22. The normalized spacial score (nSPS) is 26.2. The van der Waals surface area contributed by atoms with Gasteiger partial charge in [0.25, 0.3) is 0 Å². The molecule has 33 heavy (non-hydrogen) atoms. The van der Waals surface area contributed by atoms with E-state index in [0.717, 1.165) is 82.4 Å². The summed E-state index contributed by atoms with van der Waals surface area (Å²) in [4.78, 5) is 9.07. The van der Waals surface area contributed by atoms with Crippen molar-refractivity contribution in [2.75, 3.05) is 13.3 Å². The Hall–Kier alpha value is -2.11. The van der Waals surface area contributed by atoms with Crippen LogP contribution >= 0.6 is 11.6 Å². The zero-order valence-corrected chi connectivity index (χ0v) is 20.7. The van der Waals surface area contributed by atoms with Crippen LogP contribution in [-0.4, -0.2) is 29.9 Å². The summed E-state index contributed by atoms with van der Waals surface area (Å²) in [7, 11) is 0. The lowest BCUT2D eigenvalue weighted by Crippen LogP contribution is -2.33. The van der Waals surface area contributed by atoms with E-state index < -0.39 is 0 Å². The summed E-state index contributed by atoms with van der Waals surface area (Å²) < 4.78 is 5.81. The molecule has 2 unspecified atom stereocenters. The molecule has 0 amide bonds. The van der Waals surface area contributed by atoms with Crippen molar-refractivity contribution >= 4 is 17.8 Å². The number of nitrogens with one attached hydrogen (secondary N) is 2. The molecule has 2 N–H and O–H groups in total. The van der Waals surface area contributed by atoms with E-state index in [9.17, 15) is 0 Å². The Morgan fingerprint density at radius 1 is 1.18 bits per heavy atom. The number of halogens is 1. The molecule has 2 aliphatic rings. The second kappa shape index (κ2) is 14.9. The van der Waals surface area contributed by atoms with E-state index in [2.05, 4.69) is 46.8 Å². The Labute approximate surface area is 204 Å². The van der Waals surface area contributed by atoms with Crippen molar-refractivity contribution in [3.05, 3.63) is 59.6 Å². The fraction of sp³-hybridized carbons (Fsp3) is 0.556. The fourth-order valence-electron chi connectivity index (χ4n) is 4.05. The van der Waals surface area contributed by atoms with Crippen LogP contribution in [0.5, 0.6) is 5.88 Å². The van der Waals surface area contributed by atoms with Crippen molar-refractivity contribution in [3.8, 4) is 5.88 Å². The average molecular weight is 471 g/mol. The predicted octanol–water partition coefficient (Wildman–Crippen LogP) is 6.37. The Balaban J connectivity index is 1.54. The van der Waals surface area contributed by atoms with Crippen molar-refractivity contribution in [1.29, 1.82) is 0 Å². The van der Waals surface area contributed by atoms with Gasteiger partial charge in [0.05, 0.1) is 18.7 Å². The van der Waals surface area contributed by atoms with Crippen LogP contribution in [0.3, 0.4) is 0 Å². The van der Waals surface area contributed by atoms with Gasteiger partial charge < -0.3 is 10.1 Å². The van der Waals surface area contributed by atoms with Crippen molar-refractivity contribution in [3.63, 3.8) is 0 Å². The van der Waals surface area contributed by atoms with Gasteiger partial charge in [-0.3, -0.25) is 10.3 Å². The SMILES string of the molecule is CCCCOc1ccc2c(n1)CCCC2NCNC1=C\CCCC/C=N/C=C/C(Cl)C\C=C\1. The summed E-state index contributed by atoms with van der Waals surface area (Å²) in [6, 6.07) is 4.53. The lowest BCUT2D eigenvalue weighted by atomic mass is 9.91. The van der Waals surface area contributed by atoms with Crippen LogP contribution in [0.4, 0.5) is 0 Å². The van der Waals surface area contributed by atoms with Gasteiger partial charge in [-0.25, -0.2) is 4.98 Å². The topological polar surface area (TPSA) is 58.5 Å². The standard InChI is InChI=1S/C27H39ClN4O/c1-2-3-20-33-27-16-15-24-25(13-9-14-26(24)32-27)31-21-30-23-11-6-4-5-7-18-29-19-17-22(28)10-8-12-23/h8,11-12,15-19,22,25,30-31H,2-7,9-10,13-14,20-21H2,1H3/b12-8+,19-17+,23-11-,29-18+. The van der Waals surface area contributed by atoms with Crippen molar-refractivity contribution in [2.24, 2.45) is 4.99 Å². The quantitative estimate of drug-likeness (QED) is 0.263. The highest BCUT2D eigenvalue weighted by atomic mass is 35.5. The van der Waals surface area contributed by atoms with Crippen molar-refractivity contribution in [2.45, 2.75) is 82.6 Å². The van der Waals surface area contributed by atoms with Crippen LogP contribution in [0.2, 0.25) is 0 Å². The molecule has 3 rings (SSSR count). The van der Waals surface area contributed by atoms with Crippen LogP contribution in [0.1, 0.15) is 82.0 Å². The minimum atomic E-state index is -0.0391. The van der Waals surface area contributed by atoms with E-state index in [1.807, 2.05) is 24.6 Å². The molecule has 1 aromatic heterocycles. The number of rotatable bonds is 8. The number of nitrogens with zero attached hydrogens (tertiary/aromatic N) is 2. The van der Waals surface area contributed by atoms with E-state index in [1.54, 1.807) is 0 Å². The molecule has 180 valence electrons. The maximum Gasteiger partial charge on any atom is 0.213 e. The average Bonchev–Trinajstić information content (AvgIpc) is 2.82. The number of allylic oxidation sites excluding steroid dienone is 4. The minimum Gasteiger partial charge on any atom is -0.478 e. The van der Waals surface area contributed by atoms with Gasteiger partial charge >= 0.3 is 0 Å². The third kappa shape index (κ3) is 9.34. The van der Waals surface area contributed by atoms with Gasteiger partial charge in [-0.2, -0.15) is 0 Å². The maximum absolute atomic E-state index is 6.36. The molecule has 0 aromatic carbocycles. The number of unbranched alkanes of at least 4 members (excludes halogenated alkanes) is 1. The Morgan fingerprint density at radius 3 is 3.00 bits per heavy atom. The number of fused-ring (bicyclic) bond motifs is 1. The van der Waals surface area contributed by atoms with Gasteiger partial charge in [-0.15, -0.1) is 11.6 Å². The van der Waals surface area contributed by atoms with Gasteiger partial charge in [-0.05, 0) is 75.5 Å². The monoisotopic (exact) mass is 470 g/mol. The van der Waals surface area contributed by atoms with E-state index in [1.165, 1.54) is 11.3 Å². The van der Waals surface area contributed by atoms with Crippen molar-refractivity contribution in [1.82, 2.24) is 15.6 Å². The second-order valence-electron chi connectivity index (χ2n) is 8.66. The van der Waals surface area contributed by atoms with Crippen LogP contribution < -0.4 is 15.4 Å². The molecule has 0 spiro atoms. The predicted molar refractivity (Wildman–Crippen MR) is 139 cm³/mol. The molecule has 0 bridgehead atoms. The summed E-state index contributed by atoms with van der Waals surface area (Å²) in [5.41, 5.74) is 3.63. The Bertz CT molecular complexity index is 833. The molecule has 0 fully saturated rings. The van der Waals surface area contributed by atoms with Crippen molar-refractivity contribution < 1.29 is 4.74 Å². The summed E-state index contributed by atoms with van der Waals surface area (Å²) in [5, 5.41) is 7.22. The van der Waals surface area contributed by atoms with E-state index >= 15 is 0 Å². The van der Waals surface area contributed by atoms with E-state index in [-0.39, 0.29) is 5.38 Å². The first kappa shape index (κ1) is 25.5. The molecule has 6 heteroatoms. The largest absolute Gasteiger partial charge is 0.478 e. The molecule has 0 radical (unpaired) electrons. The van der Waals surface area contributed by atoms with Gasteiger partial charge in [-0.1, -0.05) is 31.6 Å².